The largest absolute Gasteiger partial charge is 0.492 e. The average Bonchev–Trinajstić information content (AvgIpc) is 2.54. The molecule has 0 aromatic carbocycles. The fraction of sp³-hybridized carbons (Fsp3) is 0.412. The van der Waals surface area contributed by atoms with Gasteiger partial charge in [0.1, 0.15) is 10.9 Å². The van der Waals surface area contributed by atoms with Crippen molar-refractivity contribution in [3.8, 4) is 5.75 Å². The second-order valence-electron chi connectivity index (χ2n) is 5.68. The summed E-state index contributed by atoms with van der Waals surface area (Å²) in [6.07, 6.45) is 9.77. The van der Waals surface area contributed by atoms with E-state index in [2.05, 4.69) is 16.0 Å². The zero-order valence-corrected chi connectivity index (χ0v) is 13.7. The van der Waals surface area contributed by atoms with Crippen LogP contribution in [0, 0.1) is 5.92 Å². The highest BCUT2D eigenvalue weighted by molar-refractivity contribution is 6.30. The lowest BCUT2D eigenvalue weighted by atomic mass is 9.76. The molecule has 1 saturated carbocycles. The molecule has 2 aromatic rings. The number of rotatable bonds is 4. The standard InChI is InChI=1S/C17H18Cl2N2O/c18-13-8-14(10-20-9-13)22-11-12-4-1-2-5-15(12)16-6-3-7-21-17(16)19/h3,6-10,12,15H,1-2,4-5,11H2. The highest BCUT2D eigenvalue weighted by Gasteiger charge is 2.28. The molecular weight excluding hydrogens is 319 g/mol. The third kappa shape index (κ3) is 3.71. The fourth-order valence-corrected chi connectivity index (χ4v) is 3.59. The van der Waals surface area contributed by atoms with Crippen LogP contribution in [0.25, 0.3) is 0 Å². The maximum absolute atomic E-state index is 6.28. The Bertz CT molecular complexity index is 636. The van der Waals surface area contributed by atoms with Crippen molar-refractivity contribution in [3.63, 3.8) is 0 Å². The average molecular weight is 337 g/mol. The van der Waals surface area contributed by atoms with Gasteiger partial charge in [-0.05, 0) is 36.3 Å². The van der Waals surface area contributed by atoms with E-state index in [1.165, 1.54) is 12.8 Å². The summed E-state index contributed by atoms with van der Waals surface area (Å²) in [7, 11) is 0. The minimum Gasteiger partial charge on any atom is -0.492 e. The molecule has 0 N–H and O–H groups in total. The number of halogens is 2. The first-order valence-electron chi connectivity index (χ1n) is 7.58. The molecular formula is C17H18Cl2N2O. The second-order valence-corrected chi connectivity index (χ2v) is 6.48. The van der Waals surface area contributed by atoms with Gasteiger partial charge in [-0.15, -0.1) is 0 Å². The van der Waals surface area contributed by atoms with Crippen LogP contribution in [-0.2, 0) is 0 Å². The maximum Gasteiger partial charge on any atom is 0.139 e. The van der Waals surface area contributed by atoms with Gasteiger partial charge in [-0.25, -0.2) is 4.98 Å². The van der Waals surface area contributed by atoms with E-state index in [0.29, 0.717) is 34.4 Å². The lowest BCUT2D eigenvalue weighted by molar-refractivity contribution is 0.186. The molecule has 0 amide bonds. The Morgan fingerprint density at radius 2 is 2.05 bits per heavy atom. The summed E-state index contributed by atoms with van der Waals surface area (Å²) in [5.74, 6) is 1.56. The molecule has 22 heavy (non-hydrogen) atoms. The summed E-state index contributed by atoms with van der Waals surface area (Å²) in [6.45, 7) is 0.651. The quantitative estimate of drug-likeness (QED) is 0.725. The molecule has 2 heterocycles. The Kier molecular flexibility index (Phi) is 5.16. The van der Waals surface area contributed by atoms with Crippen molar-refractivity contribution in [2.75, 3.05) is 6.61 Å². The summed E-state index contributed by atoms with van der Waals surface area (Å²) in [6, 6.07) is 5.83. The summed E-state index contributed by atoms with van der Waals surface area (Å²) in [5, 5.41) is 1.21. The molecule has 2 aromatic heterocycles. The van der Waals surface area contributed by atoms with Crippen molar-refractivity contribution in [1.82, 2.24) is 9.97 Å². The van der Waals surface area contributed by atoms with Crippen molar-refractivity contribution in [2.45, 2.75) is 31.6 Å². The van der Waals surface area contributed by atoms with Gasteiger partial charge in [0.25, 0.3) is 0 Å². The van der Waals surface area contributed by atoms with Crippen LogP contribution in [0.5, 0.6) is 5.75 Å². The van der Waals surface area contributed by atoms with Crippen LogP contribution in [0.1, 0.15) is 37.2 Å². The maximum atomic E-state index is 6.28. The summed E-state index contributed by atoms with van der Waals surface area (Å²) in [4.78, 5) is 8.27. The molecule has 3 nitrogen and oxygen atoms in total. The van der Waals surface area contributed by atoms with E-state index >= 15 is 0 Å². The molecule has 0 aliphatic heterocycles. The lowest BCUT2D eigenvalue weighted by Crippen LogP contribution is -2.24. The molecule has 116 valence electrons. The van der Waals surface area contributed by atoms with Crippen LogP contribution in [0.4, 0.5) is 0 Å². The Hall–Kier alpha value is -1.32. The second kappa shape index (κ2) is 7.30. The van der Waals surface area contributed by atoms with E-state index in [1.54, 1.807) is 24.7 Å². The van der Waals surface area contributed by atoms with Gasteiger partial charge in [0, 0.05) is 18.5 Å². The van der Waals surface area contributed by atoms with E-state index in [9.17, 15) is 0 Å². The zero-order valence-electron chi connectivity index (χ0n) is 12.2. The smallest absolute Gasteiger partial charge is 0.139 e. The molecule has 3 rings (SSSR count). The summed E-state index contributed by atoms with van der Waals surface area (Å²) >= 11 is 12.2. The molecule has 5 heteroatoms. The molecule has 1 aliphatic rings. The monoisotopic (exact) mass is 336 g/mol. The Morgan fingerprint density at radius 3 is 2.86 bits per heavy atom. The van der Waals surface area contributed by atoms with Gasteiger partial charge in [0.15, 0.2) is 0 Å². The molecule has 0 spiro atoms. The molecule has 1 fully saturated rings. The van der Waals surface area contributed by atoms with E-state index in [0.717, 1.165) is 18.4 Å². The number of ether oxygens (including phenoxy) is 1. The fourth-order valence-electron chi connectivity index (χ4n) is 3.17. The van der Waals surface area contributed by atoms with Gasteiger partial charge in [0.05, 0.1) is 17.8 Å². The lowest BCUT2D eigenvalue weighted by Gasteiger charge is -2.32. The van der Waals surface area contributed by atoms with Gasteiger partial charge in [-0.1, -0.05) is 42.1 Å². The number of hydrogen-bond donors (Lipinski definition) is 0. The molecule has 2 atom stereocenters. The minimum atomic E-state index is 0.405. The van der Waals surface area contributed by atoms with Crippen molar-refractivity contribution >= 4 is 23.2 Å². The predicted octanol–water partition coefficient (Wildman–Crippen LogP) is 5.14. The van der Waals surface area contributed by atoms with Crippen molar-refractivity contribution in [1.29, 1.82) is 0 Å². The van der Waals surface area contributed by atoms with E-state index in [4.69, 9.17) is 27.9 Å². The molecule has 1 aliphatic carbocycles. The van der Waals surface area contributed by atoms with Crippen LogP contribution in [-0.4, -0.2) is 16.6 Å². The highest BCUT2D eigenvalue weighted by Crippen LogP contribution is 2.40. The number of aromatic nitrogens is 2. The third-order valence-corrected chi connectivity index (χ3v) is 4.76. The topological polar surface area (TPSA) is 35.0 Å². The van der Waals surface area contributed by atoms with Crippen LogP contribution < -0.4 is 4.74 Å². The predicted molar refractivity (Wildman–Crippen MR) is 88.7 cm³/mol. The number of hydrogen-bond acceptors (Lipinski definition) is 3. The molecule has 2 unspecified atom stereocenters. The Balaban J connectivity index is 1.72. The van der Waals surface area contributed by atoms with Gasteiger partial charge < -0.3 is 4.74 Å². The SMILES string of the molecule is Clc1cncc(OCC2CCCCC2c2cccnc2Cl)c1. The first kappa shape index (κ1) is 15.6. The van der Waals surface area contributed by atoms with Crippen LogP contribution in [0.2, 0.25) is 10.2 Å². The number of pyridine rings is 2. The first-order chi connectivity index (χ1) is 10.7. The normalized spacial score (nSPS) is 21.5. The summed E-state index contributed by atoms with van der Waals surface area (Å²) in [5.41, 5.74) is 1.14. The highest BCUT2D eigenvalue weighted by atomic mass is 35.5. The van der Waals surface area contributed by atoms with Gasteiger partial charge in [0.2, 0.25) is 0 Å². The zero-order chi connectivity index (χ0) is 15.4. The molecule has 0 bridgehead atoms. The van der Waals surface area contributed by atoms with Crippen LogP contribution in [0.15, 0.2) is 36.8 Å². The van der Waals surface area contributed by atoms with Gasteiger partial charge in [-0.2, -0.15) is 0 Å². The van der Waals surface area contributed by atoms with E-state index in [1.807, 2.05) is 6.07 Å². The molecule has 0 saturated heterocycles. The Labute approximate surface area is 140 Å². The van der Waals surface area contributed by atoms with Crippen LogP contribution >= 0.6 is 23.2 Å². The third-order valence-electron chi connectivity index (χ3n) is 4.24. The first-order valence-corrected chi connectivity index (χ1v) is 8.33. The van der Waals surface area contributed by atoms with Gasteiger partial charge in [-0.3, -0.25) is 4.98 Å². The summed E-state index contributed by atoms with van der Waals surface area (Å²) < 4.78 is 5.91. The van der Waals surface area contributed by atoms with Crippen LogP contribution in [0.3, 0.4) is 0 Å². The van der Waals surface area contributed by atoms with E-state index in [-0.39, 0.29) is 0 Å². The minimum absolute atomic E-state index is 0.405. The Morgan fingerprint density at radius 1 is 1.18 bits per heavy atom. The van der Waals surface area contributed by atoms with E-state index < -0.39 is 0 Å². The van der Waals surface area contributed by atoms with Crippen molar-refractivity contribution in [2.24, 2.45) is 5.92 Å². The number of nitrogens with zero attached hydrogens (tertiary/aromatic N) is 2. The molecule has 0 radical (unpaired) electrons. The van der Waals surface area contributed by atoms with Crippen molar-refractivity contribution < 1.29 is 4.74 Å². The van der Waals surface area contributed by atoms with Crippen molar-refractivity contribution in [3.05, 3.63) is 52.5 Å². The van der Waals surface area contributed by atoms with Gasteiger partial charge >= 0.3 is 0 Å².